The van der Waals surface area contributed by atoms with Crippen LogP contribution in [0.5, 0.6) is 0 Å². The summed E-state index contributed by atoms with van der Waals surface area (Å²) < 4.78 is 0. The Morgan fingerprint density at radius 2 is 1.02 bits per heavy atom. The fraction of sp³-hybridized carbons (Fsp3) is 0.514. The van der Waals surface area contributed by atoms with Crippen LogP contribution in [0.25, 0.3) is 0 Å². The van der Waals surface area contributed by atoms with E-state index in [1.807, 2.05) is 5.32 Å². The lowest BCUT2D eigenvalue weighted by Crippen LogP contribution is -2.60. The van der Waals surface area contributed by atoms with Gasteiger partial charge in [0.25, 0.3) is 0 Å². The first-order valence-electron chi connectivity index (χ1n) is 18.9. The van der Waals surface area contributed by atoms with Crippen LogP contribution in [-0.2, 0) is 49.6 Å². The van der Waals surface area contributed by atoms with Gasteiger partial charge in [-0.25, -0.2) is 4.79 Å². The number of rotatable bonds is 29. The zero-order valence-corrected chi connectivity index (χ0v) is 33.6. The predicted molar refractivity (Wildman–Crippen MR) is 218 cm³/mol. The van der Waals surface area contributed by atoms with Crippen LogP contribution in [0.1, 0.15) is 37.7 Å². The van der Waals surface area contributed by atoms with Gasteiger partial charge in [0.15, 0.2) is 11.9 Å². The first-order valence-corrected chi connectivity index (χ1v) is 18.9. The van der Waals surface area contributed by atoms with Crippen molar-refractivity contribution in [3.05, 3.63) is 35.9 Å². The van der Waals surface area contributed by atoms with E-state index < -0.39 is 122 Å². The maximum Gasteiger partial charge on any atom is 0.326 e. The lowest BCUT2D eigenvalue weighted by atomic mass is 10.0. The van der Waals surface area contributed by atoms with E-state index in [-0.39, 0.29) is 57.1 Å². The number of carboxylic acid groups (broad SMARTS) is 2. The monoisotopic (exact) mass is 880 g/mol. The highest BCUT2D eigenvalue weighted by Gasteiger charge is 2.32. The SMILES string of the molecule is NC(N)=NCCC[C@H](NC(=O)CNC(=O)[C@@H](N)CO)C(=O)N[C@@H](CCCN=C(N)N)C(=O)N[C@@H](CO)C(=O)N[C@@H](Cc1ccccc1)C(=O)NCC(=O)N[C@@H](CC(=O)O)C(=O)O. The van der Waals surface area contributed by atoms with Crippen LogP contribution in [-0.4, -0.2) is 161 Å². The van der Waals surface area contributed by atoms with Gasteiger partial charge in [-0.1, -0.05) is 30.3 Å². The number of nitrogens with one attached hydrogen (secondary N) is 7. The molecule has 0 heterocycles. The van der Waals surface area contributed by atoms with Gasteiger partial charge in [-0.2, -0.15) is 0 Å². The molecule has 6 atom stereocenters. The lowest BCUT2D eigenvalue weighted by molar-refractivity contribution is -0.147. The Hall–Kier alpha value is -7.13. The fourth-order valence-electron chi connectivity index (χ4n) is 5.15. The molecule has 0 saturated carbocycles. The van der Waals surface area contributed by atoms with Gasteiger partial charge in [-0.3, -0.25) is 48.3 Å². The first kappa shape index (κ1) is 52.9. The second-order valence-electron chi connectivity index (χ2n) is 13.4. The molecular weight excluding hydrogens is 824 g/mol. The summed E-state index contributed by atoms with van der Waals surface area (Å²) in [6.07, 6.45) is -1.14. The molecule has 0 aliphatic carbocycles. The summed E-state index contributed by atoms with van der Waals surface area (Å²) in [4.78, 5) is 121. The minimum Gasteiger partial charge on any atom is -0.481 e. The third-order valence-electron chi connectivity index (χ3n) is 8.30. The summed E-state index contributed by atoms with van der Waals surface area (Å²) in [5.74, 6) is -10.4. The number of aliphatic hydroxyl groups is 2. The minimum absolute atomic E-state index is 0.00885. The molecule has 0 unspecified atom stereocenters. The number of aliphatic hydroxyl groups excluding tert-OH is 2. The lowest BCUT2D eigenvalue weighted by Gasteiger charge is -2.26. The predicted octanol–water partition coefficient (Wildman–Crippen LogP) is -8.14. The minimum atomic E-state index is -1.80. The normalized spacial score (nSPS) is 13.5. The average Bonchev–Trinajstić information content (AvgIpc) is 3.21. The largest absolute Gasteiger partial charge is 0.481 e. The Labute approximate surface area is 354 Å². The molecule has 1 aromatic rings. The molecule has 0 radical (unpaired) electrons. The Morgan fingerprint density at radius 3 is 1.48 bits per heavy atom. The number of aliphatic imine (C=N–C) groups is 2. The smallest absolute Gasteiger partial charge is 0.326 e. The van der Waals surface area contributed by atoms with Crippen molar-refractivity contribution < 1.29 is 63.6 Å². The quantitative estimate of drug-likeness (QED) is 0.0202. The standard InChI is InChI=1S/C35H56N14O13/c36-19(16-50)28(56)43-14-25(52)45-20(8-4-10-41-34(37)38)30(58)47-21(9-5-11-42-35(39)40)31(59)49-24(17-51)32(60)48-22(12-18-6-2-1-3-7-18)29(57)44-15-26(53)46-23(33(61)62)13-27(54)55/h1-3,6-7,19-24,50-51H,4-5,8-17,36H2,(H,43,56)(H,44,57)(H,45,52)(H,46,53)(H,47,58)(H,48,60)(H,49,59)(H,54,55)(H,61,62)(H4,37,38,41)(H4,39,40,42)/t19-,20-,21-,22-,23-,24-/m0/s1. The van der Waals surface area contributed by atoms with Crippen LogP contribution < -0.4 is 65.9 Å². The number of nitrogens with zero attached hydrogens (tertiary/aromatic N) is 2. The van der Waals surface area contributed by atoms with Crippen molar-refractivity contribution in [2.24, 2.45) is 38.7 Å². The van der Waals surface area contributed by atoms with Crippen molar-refractivity contribution in [1.29, 1.82) is 0 Å². The van der Waals surface area contributed by atoms with Crippen LogP contribution >= 0.6 is 0 Å². The van der Waals surface area contributed by atoms with Crippen molar-refractivity contribution in [3.8, 4) is 0 Å². The van der Waals surface area contributed by atoms with Gasteiger partial charge in [-0.05, 0) is 31.2 Å². The molecule has 0 aromatic heterocycles. The molecule has 0 spiro atoms. The van der Waals surface area contributed by atoms with Gasteiger partial charge >= 0.3 is 11.9 Å². The molecule has 21 N–H and O–H groups in total. The van der Waals surface area contributed by atoms with Gasteiger partial charge in [-0.15, -0.1) is 0 Å². The van der Waals surface area contributed by atoms with Gasteiger partial charge in [0, 0.05) is 19.5 Å². The van der Waals surface area contributed by atoms with Gasteiger partial charge in [0.2, 0.25) is 41.4 Å². The highest BCUT2D eigenvalue weighted by molar-refractivity contribution is 5.97. The second-order valence-corrected chi connectivity index (χ2v) is 13.4. The molecule has 62 heavy (non-hydrogen) atoms. The number of hydrogen-bond acceptors (Lipinski definition) is 14. The van der Waals surface area contributed by atoms with E-state index in [1.165, 1.54) is 0 Å². The van der Waals surface area contributed by atoms with E-state index in [9.17, 15) is 53.4 Å². The Bertz CT molecular complexity index is 1760. The molecule has 344 valence electrons. The van der Waals surface area contributed by atoms with E-state index in [2.05, 4.69) is 41.9 Å². The second kappa shape index (κ2) is 28.4. The van der Waals surface area contributed by atoms with Crippen molar-refractivity contribution in [2.45, 2.75) is 74.8 Å². The van der Waals surface area contributed by atoms with Gasteiger partial charge in [0.1, 0.15) is 36.3 Å². The van der Waals surface area contributed by atoms with E-state index in [0.717, 1.165) is 0 Å². The maximum absolute atomic E-state index is 13.7. The summed E-state index contributed by atoms with van der Waals surface area (Å²) >= 11 is 0. The third-order valence-corrected chi connectivity index (χ3v) is 8.30. The number of carbonyl (C=O) groups excluding carboxylic acids is 7. The summed E-state index contributed by atoms with van der Waals surface area (Å²) in [5.41, 5.74) is 27.5. The molecule has 0 fully saturated rings. The molecule has 27 nitrogen and oxygen atoms in total. The number of amides is 7. The number of carboxylic acids is 2. The van der Waals surface area contributed by atoms with Crippen LogP contribution in [0.2, 0.25) is 0 Å². The van der Waals surface area contributed by atoms with E-state index in [4.69, 9.17) is 38.9 Å². The zero-order valence-electron chi connectivity index (χ0n) is 33.6. The molecule has 1 rings (SSSR count). The summed E-state index contributed by atoms with van der Waals surface area (Å²) in [5, 5.41) is 53.4. The summed E-state index contributed by atoms with van der Waals surface area (Å²) in [6.45, 7) is -3.17. The maximum atomic E-state index is 13.7. The summed E-state index contributed by atoms with van der Waals surface area (Å²) in [7, 11) is 0. The van der Waals surface area contributed by atoms with Crippen molar-refractivity contribution >= 4 is 65.2 Å². The highest BCUT2D eigenvalue weighted by atomic mass is 16.4. The Balaban J connectivity index is 3.28. The fourth-order valence-corrected chi connectivity index (χ4v) is 5.15. The number of hydrogen-bond donors (Lipinski definition) is 16. The van der Waals surface area contributed by atoms with Crippen LogP contribution in [0.3, 0.4) is 0 Å². The van der Waals surface area contributed by atoms with Gasteiger partial charge in [0.05, 0.1) is 32.7 Å². The Kier molecular flexibility index (Phi) is 24.2. The van der Waals surface area contributed by atoms with Gasteiger partial charge < -0.3 is 86.3 Å². The molecule has 27 heteroatoms. The van der Waals surface area contributed by atoms with E-state index in [0.29, 0.717) is 5.56 Å². The molecule has 0 aliphatic heterocycles. The van der Waals surface area contributed by atoms with Crippen LogP contribution in [0.4, 0.5) is 0 Å². The molecule has 0 saturated heterocycles. The molecule has 7 amide bonds. The Morgan fingerprint density at radius 1 is 0.565 bits per heavy atom. The van der Waals surface area contributed by atoms with Crippen molar-refractivity contribution in [1.82, 2.24) is 37.2 Å². The molecule has 0 bridgehead atoms. The van der Waals surface area contributed by atoms with Crippen molar-refractivity contribution in [3.63, 3.8) is 0 Å². The number of nitrogens with two attached hydrogens (primary N) is 5. The van der Waals surface area contributed by atoms with Crippen LogP contribution in [0, 0.1) is 0 Å². The summed E-state index contributed by atoms with van der Waals surface area (Å²) in [6, 6.07) is -0.949. The first-order chi connectivity index (χ1) is 29.3. The molecular formula is C35H56N14O13. The number of benzene rings is 1. The number of guanidine groups is 2. The zero-order chi connectivity index (χ0) is 46.8. The average molecular weight is 881 g/mol. The number of aliphatic carboxylic acids is 2. The van der Waals surface area contributed by atoms with E-state index in [1.54, 1.807) is 30.3 Å². The van der Waals surface area contributed by atoms with Crippen LogP contribution in [0.15, 0.2) is 40.3 Å². The topological polar surface area (TPSA) is 474 Å². The number of carbonyl (C=O) groups is 9. The third kappa shape index (κ3) is 21.8. The van der Waals surface area contributed by atoms with E-state index >= 15 is 0 Å². The van der Waals surface area contributed by atoms with Crippen molar-refractivity contribution in [2.75, 3.05) is 39.4 Å². The molecule has 1 aromatic carbocycles. The molecule has 0 aliphatic rings. The highest BCUT2D eigenvalue weighted by Crippen LogP contribution is 2.07.